The first-order chi connectivity index (χ1) is 13.6. The van der Waals surface area contributed by atoms with E-state index in [0.717, 1.165) is 32.4 Å². The van der Waals surface area contributed by atoms with Crippen LogP contribution < -0.4 is 0 Å². The molecule has 0 aromatic carbocycles. The van der Waals surface area contributed by atoms with Crippen molar-refractivity contribution in [2.24, 2.45) is 11.3 Å². The molecule has 2 aromatic rings. The third-order valence-electron chi connectivity index (χ3n) is 6.32. The first-order valence-electron chi connectivity index (χ1n) is 10.0. The molecule has 0 radical (unpaired) electrons. The largest absolute Gasteiger partial charge is 0.342 e. The van der Waals surface area contributed by atoms with Crippen LogP contribution in [0.2, 0.25) is 0 Å². The lowest BCUT2D eigenvalue weighted by Gasteiger charge is -2.39. The quantitative estimate of drug-likeness (QED) is 0.803. The van der Waals surface area contributed by atoms with E-state index in [9.17, 15) is 9.59 Å². The minimum absolute atomic E-state index is 0.0493. The van der Waals surface area contributed by atoms with Gasteiger partial charge in [0, 0.05) is 32.4 Å². The molecule has 5 rings (SSSR count). The lowest BCUT2D eigenvalue weighted by Crippen LogP contribution is -2.50. The van der Waals surface area contributed by atoms with Crippen molar-refractivity contribution < 1.29 is 9.59 Å². The van der Waals surface area contributed by atoms with Gasteiger partial charge in [0.05, 0.1) is 11.0 Å². The molecular formula is C20H24N6O2. The Labute approximate surface area is 163 Å². The Kier molecular flexibility index (Phi) is 4.14. The van der Waals surface area contributed by atoms with Crippen molar-refractivity contribution >= 4 is 11.8 Å². The van der Waals surface area contributed by atoms with Gasteiger partial charge in [0.15, 0.2) is 0 Å². The van der Waals surface area contributed by atoms with Crippen LogP contribution >= 0.6 is 0 Å². The number of carbonyl (C=O) groups excluding carboxylic acids is 2. The van der Waals surface area contributed by atoms with Crippen molar-refractivity contribution in [3.8, 4) is 5.82 Å². The van der Waals surface area contributed by atoms with Gasteiger partial charge in [-0.05, 0) is 50.2 Å². The Morgan fingerprint density at radius 3 is 2.68 bits per heavy atom. The maximum Gasteiger partial charge on any atom is 0.255 e. The number of likely N-dealkylation sites (tertiary alicyclic amines) is 2. The molecule has 1 spiro atoms. The van der Waals surface area contributed by atoms with Crippen LogP contribution in [0.5, 0.6) is 0 Å². The summed E-state index contributed by atoms with van der Waals surface area (Å²) in [5, 5.41) is 7.53. The molecule has 2 aromatic heterocycles. The predicted molar refractivity (Wildman–Crippen MR) is 101 cm³/mol. The summed E-state index contributed by atoms with van der Waals surface area (Å²) < 4.78 is 1.69. The molecule has 2 amide bonds. The van der Waals surface area contributed by atoms with Crippen LogP contribution in [0.4, 0.5) is 0 Å². The summed E-state index contributed by atoms with van der Waals surface area (Å²) >= 11 is 0. The van der Waals surface area contributed by atoms with Crippen molar-refractivity contribution in [1.82, 2.24) is 29.5 Å². The molecule has 3 aliphatic rings. The van der Waals surface area contributed by atoms with E-state index in [0.29, 0.717) is 30.4 Å². The summed E-state index contributed by atoms with van der Waals surface area (Å²) in [6.45, 7) is 2.94. The van der Waals surface area contributed by atoms with Crippen molar-refractivity contribution in [2.75, 3.05) is 26.2 Å². The van der Waals surface area contributed by atoms with Gasteiger partial charge in [0.2, 0.25) is 5.91 Å². The smallest absolute Gasteiger partial charge is 0.255 e. The second-order valence-corrected chi connectivity index (χ2v) is 8.33. The van der Waals surface area contributed by atoms with Crippen LogP contribution in [-0.4, -0.2) is 67.5 Å². The van der Waals surface area contributed by atoms with Crippen molar-refractivity contribution in [3.63, 3.8) is 0 Å². The summed E-state index contributed by atoms with van der Waals surface area (Å²) in [6, 6.07) is 3.56. The molecule has 1 unspecified atom stereocenters. The molecule has 8 nitrogen and oxygen atoms in total. The Morgan fingerprint density at radius 1 is 1.14 bits per heavy atom. The number of amides is 2. The normalized spacial score (nSPS) is 24.9. The molecule has 1 aliphatic carbocycles. The van der Waals surface area contributed by atoms with Gasteiger partial charge in [-0.3, -0.25) is 14.2 Å². The van der Waals surface area contributed by atoms with E-state index >= 15 is 0 Å². The van der Waals surface area contributed by atoms with Crippen LogP contribution in [0.15, 0.2) is 31.0 Å². The average Bonchev–Trinajstić information content (AvgIpc) is 3.20. The zero-order valence-corrected chi connectivity index (χ0v) is 15.8. The molecule has 8 heteroatoms. The van der Waals surface area contributed by atoms with E-state index in [2.05, 4.69) is 20.1 Å². The topological polar surface area (TPSA) is 84.2 Å². The Morgan fingerprint density at radius 2 is 1.96 bits per heavy atom. The molecule has 2 aliphatic heterocycles. The maximum absolute atomic E-state index is 13.2. The highest BCUT2D eigenvalue weighted by atomic mass is 16.2. The zero-order valence-electron chi connectivity index (χ0n) is 15.8. The number of hydrogen-bond donors (Lipinski definition) is 0. The fourth-order valence-corrected chi connectivity index (χ4v) is 4.53. The molecule has 4 heterocycles. The average molecular weight is 380 g/mol. The highest BCUT2D eigenvalue weighted by Gasteiger charge is 2.50. The van der Waals surface area contributed by atoms with Gasteiger partial charge in [-0.2, -0.15) is 0 Å². The number of piperidine rings is 1. The van der Waals surface area contributed by atoms with Gasteiger partial charge in [0.1, 0.15) is 18.5 Å². The molecular weight excluding hydrogens is 356 g/mol. The first-order valence-corrected chi connectivity index (χ1v) is 10.0. The predicted octanol–water partition coefficient (Wildman–Crippen LogP) is 1.53. The van der Waals surface area contributed by atoms with Crippen LogP contribution in [0.1, 0.15) is 42.5 Å². The first kappa shape index (κ1) is 17.3. The van der Waals surface area contributed by atoms with Crippen LogP contribution in [0.3, 0.4) is 0 Å². The fourth-order valence-electron chi connectivity index (χ4n) is 4.53. The molecule has 1 saturated carbocycles. The lowest BCUT2D eigenvalue weighted by atomic mass is 9.78. The highest BCUT2D eigenvalue weighted by Crippen LogP contribution is 2.42. The number of hydrogen-bond acceptors (Lipinski definition) is 5. The Bertz CT molecular complexity index is 877. The Hall–Kier alpha value is -2.77. The van der Waals surface area contributed by atoms with Crippen LogP contribution in [0, 0.1) is 11.3 Å². The summed E-state index contributed by atoms with van der Waals surface area (Å²) in [4.78, 5) is 34.4. The van der Waals surface area contributed by atoms with E-state index in [1.165, 1.54) is 12.8 Å². The lowest BCUT2D eigenvalue weighted by molar-refractivity contribution is -0.145. The zero-order chi connectivity index (χ0) is 19.1. The number of carbonyl (C=O) groups is 2. The standard InChI is InChI=1S/C20H24N6O2/c27-18(16-4-5-17(21-10-16)26-13-22-23-14-26)25-9-7-20(12-25)6-1-8-24(19(20)28)11-15-2-3-15/h4-5,10,13-15H,1-3,6-9,11-12H2. The van der Waals surface area contributed by atoms with Gasteiger partial charge in [-0.15, -0.1) is 10.2 Å². The van der Waals surface area contributed by atoms with Crippen molar-refractivity contribution in [2.45, 2.75) is 32.1 Å². The SMILES string of the molecule is O=C(c1ccc(-n2cnnc2)nc1)N1CCC2(CCCN(CC3CC3)C2=O)C1. The number of aromatic nitrogens is 4. The molecule has 28 heavy (non-hydrogen) atoms. The number of pyridine rings is 1. The molecule has 2 saturated heterocycles. The molecule has 0 bridgehead atoms. The number of rotatable bonds is 4. The van der Waals surface area contributed by atoms with Gasteiger partial charge in [-0.1, -0.05) is 0 Å². The van der Waals surface area contributed by atoms with E-state index < -0.39 is 0 Å². The Balaban J connectivity index is 1.28. The summed E-state index contributed by atoms with van der Waals surface area (Å²) in [5.74, 6) is 1.58. The fraction of sp³-hybridized carbons (Fsp3) is 0.550. The van der Waals surface area contributed by atoms with Gasteiger partial charge in [0.25, 0.3) is 5.91 Å². The van der Waals surface area contributed by atoms with Gasteiger partial charge in [-0.25, -0.2) is 4.98 Å². The van der Waals surface area contributed by atoms with Gasteiger partial charge < -0.3 is 9.80 Å². The van der Waals surface area contributed by atoms with Gasteiger partial charge >= 0.3 is 0 Å². The minimum Gasteiger partial charge on any atom is -0.342 e. The van der Waals surface area contributed by atoms with E-state index in [-0.39, 0.29) is 17.2 Å². The summed E-state index contributed by atoms with van der Waals surface area (Å²) in [7, 11) is 0. The third kappa shape index (κ3) is 3.06. The summed E-state index contributed by atoms with van der Waals surface area (Å²) in [5.41, 5.74) is 0.172. The van der Waals surface area contributed by atoms with Crippen molar-refractivity contribution in [1.29, 1.82) is 0 Å². The van der Waals surface area contributed by atoms with Crippen LogP contribution in [-0.2, 0) is 4.79 Å². The van der Waals surface area contributed by atoms with Crippen molar-refractivity contribution in [3.05, 3.63) is 36.5 Å². The van der Waals surface area contributed by atoms with E-state index in [1.54, 1.807) is 35.6 Å². The third-order valence-corrected chi connectivity index (χ3v) is 6.32. The second kappa shape index (κ2) is 6.68. The monoisotopic (exact) mass is 380 g/mol. The second-order valence-electron chi connectivity index (χ2n) is 8.33. The van der Waals surface area contributed by atoms with E-state index in [1.807, 2.05) is 4.90 Å². The molecule has 3 fully saturated rings. The number of nitrogens with zero attached hydrogens (tertiary/aromatic N) is 6. The minimum atomic E-state index is -0.376. The van der Waals surface area contributed by atoms with Crippen LogP contribution in [0.25, 0.3) is 5.82 Å². The van der Waals surface area contributed by atoms with E-state index in [4.69, 9.17) is 0 Å². The maximum atomic E-state index is 13.2. The highest BCUT2D eigenvalue weighted by molar-refractivity contribution is 5.95. The molecule has 1 atom stereocenters. The molecule has 146 valence electrons. The molecule has 0 N–H and O–H groups in total. The summed E-state index contributed by atoms with van der Waals surface area (Å²) in [6.07, 6.45) is 9.91.